The predicted octanol–water partition coefficient (Wildman–Crippen LogP) is 5.95. The van der Waals surface area contributed by atoms with E-state index in [0.29, 0.717) is 17.8 Å². The summed E-state index contributed by atoms with van der Waals surface area (Å²) >= 11 is 1.59. The Kier molecular flexibility index (Phi) is 6.69. The number of thioether (sulfide) groups is 1. The molecule has 0 spiro atoms. The Morgan fingerprint density at radius 3 is 2.28 bits per heavy atom. The van der Waals surface area contributed by atoms with E-state index in [-0.39, 0.29) is 6.42 Å². The molecule has 3 rings (SSSR count). The molecule has 0 saturated heterocycles. The predicted molar refractivity (Wildman–Crippen MR) is 117 cm³/mol. The fourth-order valence-electron chi connectivity index (χ4n) is 3.43. The van der Waals surface area contributed by atoms with Gasteiger partial charge in [0.15, 0.2) is 0 Å². The third-order valence-electron chi connectivity index (χ3n) is 5.07. The van der Waals surface area contributed by atoms with Crippen LogP contribution in [0.3, 0.4) is 0 Å². The van der Waals surface area contributed by atoms with Gasteiger partial charge >= 0.3 is 12.1 Å². The lowest BCUT2D eigenvalue weighted by molar-refractivity contribution is -0.138. The van der Waals surface area contributed by atoms with Crippen molar-refractivity contribution in [3.05, 3.63) is 70.5 Å². The van der Waals surface area contributed by atoms with Crippen LogP contribution in [0.2, 0.25) is 0 Å². The summed E-state index contributed by atoms with van der Waals surface area (Å²) in [6, 6.07) is 10.7. The molecule has 0 aliphatic carbocycles. The van der Waals surface area contributed by atoms with E-state index in [4.69, 9.17) is 5.11 Å². The first-order valence-corrected chi connectivity index (χ1v) is 10.8. The van der Waals surface area contributed by atoms with Crippen LogP contribution in [0.15, 0.2) is 47.4 Å². The zero-order chi connectivity index (χ0) is 23.7. The normalized spacial score (nSPS) is 12.2. The summed E-state index contributed by atoms with van der Waals surface area (Å²) in [5.41, 5.74) is 3.18. The highest BCUT2D eigenvalue weighted by molar-refractivity contribution is 8.00. The lowest BCUT2D eigenvalue weighted by Crippen LogP contribution is -2.15. The fourth-order valence-corrected chi connectivity index (χ4v) is 4.68. The minimum Gasteiger partial charge on any atom is -0.481 e. The van der Waals surface area contributed by atoms with Gasteiger partial charge in [-0.15, -0.1) is 11.8 Å². The third kappa shape index (κ3) is 5.51. The highest BCUT2D eigenvalue weighted by atomic mass is 32.2. The second-order valence-electron chi connectivity index (χ2n) is 8.06. The summed E-state index contributed by atoms with van der Waals surface area (Å²) in [7, 11) is 0. The number of alkyl halides is 3. The maximum Gasteiger partial charge on any atom is 0.416 e. The van der Waals surface area contributed by atoms with Crippen molar-refractivity contribution >= 4 is 17.7 Å². The quantitative estimate of drug-likeness (QED) is 0.439. The van der Waals surface area contributed by atoms with E-state index >= 15 is 0 Å². The number of aliphatic carboxylic acids is 1. The average Bonchev–Trinajstić information content (AvgIpc) is 3.09. The third-order valence-corrected chi connectivity index (χ3v) is 6.27. The van der Waals surface area contributed by atoms with Crippen LogP contribution in [0.1, 0.15) is 48.3 Å². The fraction of sp³-hybridized carbons (Fsp3) is 0.348. The van der Waals surface area contributed by atoms with Gasteiger partial charge in [0.2, 0.25) is 0 Å². The Morgan fingerprint density at radius 1 is 1.06 bits per heavy atom. The molecule has 0 atom stereocenters. The van der Waals surface area contributed by atoms with E-state index in [1.165, 1.54) is 16.9 Å². The average molecular weight is 464 g/mol. The Hall–Kier alpha value is -2.81. The molecule has 0 radical (unpaired) electrons. The molecular weight excluding hydrogens is 439 g/mol. The van der Waals surface area contributed by atoms with Gasteiger partial charge in [0.1, 0.15) is 5.69 Å². The zero-order valence-corrected chi connectivity index (χ0v) is 19.0. The Bertz CT molecular complexity index is 1120. The molecule has 2 aromatic carbocycles. The van der Waals surface area contributed by atoms with Crippen molar-refractivity contribution in [2.75, 3.05) is 0 Å². The maximum atomic E-state index is 12.8. The van der Waals surface area contributed by atoms with Gasteiger partial charge in [-0.3, -0.25) is 4.79 Å². The number of hydrogen-bond donors (Lipinski definition) is 1. The van der Waals surface area contributed by atoms with E-state index in [9.17, 15) is 18.0 Å². The first-order chi connectivity index (χ1) is 14.9. The molecule has 1 aromatic heterocycles. The van der Waals surface area contributed by atoms with Gasteiger partial charge in [-0.25, -0.2) is 0 Å². The molecule has 0 aliphatic heterocycles. The summed E-state index contributed by atoms with van der Waals surface area (Å²) in [4.78, 5) is 13.2. The highest BCUT2D eigenvalue weighted by Crippen LogP contribution is 2.41. The molecule has 0 unspecified atom stereocenters. The van der Waals surface area contributed by atoms with Gasteiger partial charge in [-0.1, -0.05) is 6.07 Å². The van der Waals surface area contributed by atoms with Crippen LogP contribution >= 0.6 is 11.8 Å². The van der Waals surface area contributed by atoms with Crippen LogP contribution < -0.4 is 0 Å². The molecule has 9 heteroatoms. The zero-order valence-electron chi connectivity index (χ0n) is 18.2. The summed E-state index contributed by atoms with van der Waals surface area (Å²) in [5.74, 6) is -0.824. The summed E-state index contributed by atoms with van der Waals surface area (Å²) in [5, 5.41) is 17.9. The standard InChI is InChI=1S/C23H24F3N3O2S/c1-14-13-19(11-5-16(14)6-12-20(30)31)32-22(3,4)21-15(2)27-29(28-21)18-9-7-17(8-10-18)23(24,25)26/h5,7-11,13H,6,12H2,1-4H3,(H,30,31). The van der Waals surface area contributed by atoms with E-state index in [0.717, 1.165) is 33.8 Å². The largest absolute Gasteiger partial charge is 0.481 e. The Morgan fingerprint density at radius 2 is 1.72 bits per heavy atom. The molecule has 5 nitrogen and oxygen atoms in total. The number of nitrogens with zero attached hydrogens (tertiary/aromatic N) is 3. The number of carboxylic acids is 1. The minimum absolute atomic E-state index is 0.0884. The first-order valence-electron chi connectivity index (χ1n) is 9.99. The summed E-state index contributed by atoms with van der Waals surface area (Å²) in [6.07, 6.45) is -3.82. The first kappa shape index (κ1) is 23.8. The summed E-state index contributed by atoms with van der Waals surface area (Å²) < 4.78 is 38.0. The van der Waals surface area contributed by atoms with Crippen molar-refractivity contribution in [1.82, 2.24) is 15.0 Å². The van der Waals surface area contributed by atoms with E-state index in [2.05, 4.69) is 10.2 Å². The lowest BCUT2D eigenvalue weighted by Gasteiger charge is -2.22. The van der Waals surface area contributed by atoms with Gasteiger partial charge in [0.25, 0.3) is 0 Å². The van der Waals surface area contributed by atoms with Crippen molar-refractivity contribution in [1.29, 1.82) is 0 Å². The molecule has 3 aromatic rings. The number of carboxylic acid groups (broad SMARTS) is 1. The van der Waals surface area contributed by atoms with Crippen LogP contribution in [-0.4, -0.2) is 26.1 Å². The second-order valence-corrected chi connectivity index (χ2v) is 9.76. The number of hydrogen-bond acceptors (Lipinski definition) is 4. The second kappa shape index (κ2) is 8.97. The molecule has 0 aliphatic rings. The van der Waals surface area contributed by atoms with Gasteiger partial charge in [-0.05, 0) is 81.6 Å². The van der Waals surface area contributed by atoms with Gasteiger partial charge in [0, 0.05) is 11.3 Å². The number of rotatable bonds is 7. The van der Waals surface area contributed by atoms with Crippen LogP contribution in [0, 0.1) is 13.8 Å². The minimum atomic E-state index is -4.39. The van der Waals surface area contributed by atoms with Crippen molar-refractivity contribution in [3.8, 4) is 5.69 Å². The molecule has 0 amide bonds. The van der Waals surface area contributed by atoms with E-state index in [1.54, 1.807) is 11.8 Å². The lowest BCUT2D eigenvalue weighted by atomic mass is 10.0. The molecule has 0 bridgehead atoms. The van der Waals surface area contributed by atoms with Crippen molar-refractivity contribution in [3.63, 3.8) is 0 Å². The van der Waals surface area contributed by atoms with Crippen molar-refractivity contribution in [2.24, 2.45) is 0 Å². The topological polar surface area (TPSA) is 68.0 Å². The maximum absolute atomic E-state index is 12.8. The van der Waals surface area contributed by atoms with Crippen molar-refractivity contribution < 1.29 is 23.1 Å². The Balaban J connectivity index is 1.81. The van der Waals surface area contributed by atoms with Gasteiger partial charge < -0.3 is 5.11 Å². The molecular formula is C23H24F3N3O2S. The van der Waals surface area contributed by atoms with Crippen LogP contribution in [0.25, 0.3) is 5.69 Å². The van der Waals surface area contributed by atoms with Crippen LogP contribution in [-0.2, 0) is 22.1 Å². The van der Waals surface area contributed by atoms with Gasteiger partial charge in [0.05, 0.1) is 21.7 Å². The molecule has 0 fully saturated rings. The number of halogens is 3. The molecule has 170 valence electrons. The van der Waals surface area contributed by atoms with E-state index in [1.807, 2.05) is 45.9 Å². The number of aromatic nitrogens is 3. The summed E-state index contributed by atoms with van der Waals surface area (Å²) in [6.45, 7) is 7.81. The highest BCUT2D eigenvalue weighted by Gasteiger charge is 2.31. The molecule has 0 saturated carbocycles. The van der Waals surface area contributed by atoms with Crippen molar-refractivity contribution in [2.45, 2.75) is 56.4 Å². The molecule has 32 heavy (non-hydrogen) atoms. The smallest absolute Gasteiger partial charge is 0.416 e. The Labute approximate surface area is 188 Å². The van der Waals surface area contributed by atoms with Crippen LogP contribution in [0.4, 0.5) is 13.2 Å². The van der Waals surface area contributed by atoms with Crippen LogP contribution in [0.5, 0.6) is 0 Å². The molecule has 1 heterocycles. The monoisotopic (exact) mass is 463 g/mol. The number of carbonyl (C=O) groups is 1. The van der Waals surface area contributed by atoms with Gasteiger partial charge in [-0.2, -0.15) is 28.2 Å². The van der Waals surface area contributed by atoms with E-state index < -0.39 is 22.5 Å². The SMILES string of the molecule is Cc1cc(SC(C)(C)c2nn(-c3ccc(C(F)(F)F)cc3)nc2C)ccc1CCC(=O)O. The molecule has 1 N–H and O–H groups in total. The number of aryl methyl sites for hydroxylation is 3. The number of benzene rings is 2.